The molecule has 0 radical (unpaired) electrons. The van der Waals surface area contributed by atoms with E-state index in [1.165, 1.54) is 7.11 Å². The first-order chi connectivity index (χ1) is 11.1. The molecule has 23 heavy (non-hydrogen) atoms. The first-order valence-electron chi connectivity index (χ1n) is 7.24. The van der Waals surface area contributed by atoms with E-state index in [0.29, 0.717) is 11.3 Å². The predicted molar refractivity (Wildman–Crippen MR) is 90.0 cm³/mol. The summed E-state index contributed by atoms with van der Waals surface area (Å²) in [6, 6.07) is 13.2. The zero-order valence-electron chi connectivity index (χ0n) is 13.7. The second kappa shape index (κ2) is 7.45. The highest BCUT2D eigenvalue weighted by Crippen LogP contribution is 2.29. The lowest BCUT2D eigenvalue weighted by Crippen LogP contribution is -2.28. The maximum Gasteiger partial charge on any atom is 0.273 e. The predicted octanol–water partition coefficient (Wildman–Crippen LogP) is 3.19. The summed E-state index contributed by atoms with van der Waals surface area (Å²) in [7, 11) is 2.94. The summed E-state index contributed by atoms with van der Waals surface area (Å²) in [6.07, 6.45) is 0. The van der Waals surface area contributed by atoms with Gasteiger partial charge in [0.15, 0.2) is 5.71 Å². The molecule has 0 bridgehead atoms. The van der Waals surface area contributed by atoms with Crippen LogP contribution >= 0.6 is 0 Å². The first-order valence-corrected chi connectivity index (χ1v) is 7.24. The number of para-hydroxylation sites is 1. The van der Waals surface area contributed by atoms with Crippen LogP contribution in [0.4, 0.5) is 0 Å². The molecule has 0 atom stereocenters. The second-order valence-corrected chi connectivity index (χ2v) is 5.07. The summed E-state index contributed by atoms with van der Waals surface area (Å²) in [5.74, 6) is 0.930. The molecule has 120 valence electrons. The van der Waals surface area contributed by atoms with Gasteiger partial charge in [-0.05, 0) is 37.6 Å². The molecule has 0 saturated heterocycles. The quantitative estimate of drug-likeness (QED) is 0.681. The third kappa shape index (κ3) is 3.88. The van der Waals surface area contributed by atoms with Gasteiger partial charge in [-0.1, -0.05) is 35.0 Å². The molecule has 0 spiro atoms. The highest BCUT2D eigenvalue weighted by Gasteiger charge is 2.18. The minimum absolute atomic E-state index is 0.162. The molecule has 0 unspecified atom stereocenters. The van der Waals surface area contributed by atoms with E-state index in [4.69, 9.17) is 9.57 Å². The number of ether oxygens (including phenoxy) is 1. The van der Waals surface area contributed by atoms with Crippen LogP contribution in [-0.4, -0.2) is 25.8 Å². The SMILES string of the molecule is CNC(=O)/C(=N\OC)c1ccccc1Oc1ccc(C)cc1C. The number of benzene rings is 2. The number of nitrogens with one attached hydrogen (secondary N) is 1. The monoisotopic (exact) mass is 312 g/mol. The van der Waals surface area contributed by atoms with Gasteiger partial charge in [0.1, 0.15) is 18.6 Å². The van der Waals surface area contributed by atoms with E-state index in [-0.39, 0.29) is 11.6 Å². The van der Waals surface area contributed by atoms with E-state index in [9.17, 15) is 4.79 Å². The van der Waals surface area contributed by atoms with Gasteiger partial charge in [-0.15, -0.1) is 0 Å². The number of likely N-dealkylation sites (N-methyl/N-ethyl adjacent to an activating group) is 1. The van der Waals surface area contributed by atoms with Crippen LogP contribution in [0.25, 0.3) is 0 Å². The summed E-state index contributed by atoms with van der Waals surface area (Å²) < 4.78 is 6.00. The van der Waals surface area contributed by atoms with Crippen molar-refractivity contribution in [1.82, 2.24) is 5.32 Å². The van der Waals surface area contributed by atoms with Gasteiger partial charge in [0.05, 0.1) is 5.56 Å². The molecule has 2 rings (SSSR count). The number of rotatable bonds is 5. The fraction of sp³-hybridized carbons (Fsp3) is 0.222. The van der Waals surface area contributed by atoms with Gasteiger partial charge in [0.2, 0.25) is 0 Å². The van der Waals surface area contributed by atoms with Crippen LogP contribution in [-0.2, 0) is 9.63 Å². The summed E-state index contributed by atoms with van der Waals surface area (Å²) in [6.45, 7) is 4.01. The van der Waals surface area contributed by atoms with Gasteiger partial charge < -0.3 is 14.9 Å². The summed E-state index contributed by atoms with van der Waals surface area (Å²) >= 11 is 0. The molecule has 0 aliphatic heterocycles. The Balaban J connectivity index is 2.44. The molecule has 1 amide bonds. The molecule has 2 aromatic rings. The highest BCUT2D eigenvalue weighted by molar-refractivity contribution is 6.45. The minimum Gasteiger partial charge on any atom is -0.456 e. The number of hydrogen-bond donors (Lipinski definition) is 1. The van der Waals surface area contributed by atoms with Crippen LogP contribution in [0.1, 0.15) is 16.7 Å². The molecule has 2 aromatic carbocycles. The van der Waals surface area contributed by atoms with Gasteiger partial charge in [-0.2, -0.15) is 0 Å². The molecule has 0 aliphatic rings. The summed E-state index contributed by atoms with van der Waals surface area (Å²) in [5.41, 5.74) is 2.91. The Labute approximate surface area is 135 Å². The Bertz CT molecular complexity index is 739. The van der Waals surface area contributed by atoms with Gasteiger partial charge in [-0.3, -0.25) is 4.79 Å². The van der Waals surface area contributed by atoms with E-state index in [2.05, 4.69) is 10.5 Å². The second-order valence-electron chi connectivity index (χ2n) is 5.07. The van der Waals surface area contributed by atoms with Gasteiger partial charge in [0.25, 0.3) is 5.91 Å². The van der Waals surface area contributed by atoms with Crippen LogP contribution < -0.4 is 10.1 Å². The third-order valence-electron chi connectivity index (χ3n) is 3.32. The Morgan fingerprint density at radius 2 is 1.83 bits per heavy atom. The maximum absolute atomic E-state index is 12.0. The van der Waals surface area contributed by atoms with Crippen molar-refractivity contribution >= 4 is 11.6 Å². The molecular weight excluding hydrogens is 292 g/mol. The highest BCUT2D eigenvalue weighted by atomic mass is 16.6. The van der Waals surface area contributed by atoms with Crippen molar-refractivity contribution in [3.8, 4) is 11.5 Å². The number of carbonyl (C=O) groups is 1. The van der Waals surface area contributed by atoms with Gasteiger partial charge >= 0.3 is 0 Å². The van der Waals surface area contributed by atoms with Crippen LogP contribution in [0.3, 0.4) is 0 Å². The number of amides is 1. The van der Waals surface area contributed by atoms with E-state index in [1.54, 1.807) is 19.2 Å². The Morgan fingerprint density at radius 3 is 2.48 bits per heavy atom. The number of aryl methyl sites for hydroxylation is 2. The van der Waals surface area contributed by atoms with E-state index < -0.39 is 0 Å². The largest absolute Gasteiger partial charge is 0.456 e. The fourth-order valence-corrected chi connectivity index (χ4v) is 2.21. The van der Waals surface area contributed by atoms with Crippen LogP contribution in [0.2, 0.25) is 0 Å². The Hall–Kier alpha value is -2.82. The number of carbonyl (C=O) groups excluding carboxylic acids is 1. The molecule has 0 aromatic heterocycles. The standard InChI is InChI=1S/C18H20N2O3/c1-12-9-10-15(13(2)11-12)23-16-8-6-5-7-14(16)17(20-22-4)18(21)19-3/h5-11H,1-4H3,(H,19,21)/b20-17-. The molecule has 5 heteroatoms. The fourth-order valence-electron chi connectivity index (χ4n) is 2.21. The topological polar surface area (TPSA) is 59.9 Å². The number of nitrogens with zero attached hydrogens (tertiary/aromatic N) is 1. The van der Waals surface area contributed by atoms with Crippen molar-refractivity contribution in [3.63, 3.8) is 0 Å². The number of oxime groups is 1. The van der Waals surface area contributed by atoms with Crippen LogP contribution in [0.5, 0.6) is 11.5 Å². The zero-order chi connectivity index (χ0) is 16.8. The third-order valence-corrected chi connectivity index (χ3v) is 3.32. The van der Waals surface area contributed by atoms with E-state index >= 15 is 0 Å². The van der Waals surface area contributed by atoms with Crippen LogP contribution in [0.15, 0.2) is 47.6 Å². The lowest BCUT2D eigenvalue weighted by Gasteiger charge is -2.13. The van der Waals surface area contributed by atoms with Gasteiger partial charge in [0, 0.05) is 7.05 Å². The Morgan fingerprint density at radius 1 is 1.09 bits per heavy atom. The maximum atomic E-state index is 12.0. The van der Waals surface area contributed by atoms with Crippen molar-refractivity contribution in [2.45, 2.75) is 13.8 Å². The van der Waals surface area contributed by atoms with Gasteiger partial charge in [-0.25, -0.2) is 0 Å². The van der Waals surface area contributed by atoms with Crippen molar-refractivity contribution in [1.29, 1.82) is 0 Å². The molecule has 0 aliphatic carbocycles. The van der Waals surface area contributed by atoms with E-state index in [1.807, 2.05) is 44.2 Å². The molecule has 0 saturated carbocycles. The average molecular weight is 312 g/mol. The molecule has 0 heterocycles. The lowest BCUT2D eigenvalue weighted by molar-refractivity contribution is -0.114. The lowest BCUT2D eigenvalue weighted by atomic mass is 10.1. The van der Waals surface area contributed by atoms with Crippen molar-refractivity contribution in [2.24, 2.45) is 5.16 Å². The average Bonchev–Trinajstić information content (AvgIpc) is 2.55. The summed E-state index contributed by atoms with van der Waals surface area (Å²) in [5, 5.41) is 6.38. The van der Waals surface area contributed by atoms with Crippen molar-refractivity contribution in [2.75, 3.05) is 14.2 Å². The minimum atomic E-state index is -0.344. The molecule has 5 nitrogen and oxygen atoms in total. The van der Waals surface area contributed by atoms with Crippen LogP contribution in [0, 0.1) is 13.8 Å². The first kappa shape index (κ1) is 16.5. The molecule has 0 fully saturated rings. The zero-order valence-corrected chi connectivity index (χ0v) is 13.7. The van der Waals surface area contributed by atoms with Crippen molar-refractivity contribution in [3.05, 3.63) is 59.2 Å². The smallest absolute Gasteiger partial charge is 0.273 e. The van der Waals surface area contributed by atoms with E-state index in [0.717, 1.165) is 16.9 Å². The Kier molecular flexibility index (Phi) is 5.36. The normalized spacial score (nSPS) is 11.0. The summed E-state index contributed by atoms with van der Waals surface area (Å²) in [4.78, 5) is 16.8. The number of hydrogen-bond acceptors (Lipinski definition) is 4. The van der Waals surface area contributed by atoms with Crippen molar-refractivity contribution < 1.29 is 14.4 Å². The molecular formula is C18H20N2O3. The molecule has 1 N–H and O–H groups in total.